The van der Waals surface area contributed by atoms with Gasteiger partial charge in [0.15, 0.2) is 17.5 Å². The minimum absolute atomic E-state index is 0.0579. The molecule has 4 heteroatoms. The number of hydrogen-bond donors (Lipinski definition) is 0. The smallest absolute Gasteiger partial charge is 0.164 e. The van der Waals surface area contributed by atoms with Gasteiger partial charge >= 0.3 is 0 Å². The van der Waals surface area contributed by atoms with Crippen LogP contribution in [0.15, 0.2) is 133 Å². The Morgan fingerprint density at radius 2 is 1.08 bits per heavy atom. The van der Waals surface area contributed by atoms with E-state index in [1.54, 1.807) is 0 Å². The number of fused-ring (bicyclic) bond motifs is 6. The number of benzene rings is 6. The van der Waals surface area contributed by atoms with Crippen molar-refractivity contribution in [3.05, 3.63) is 150 Å². The Morgan fingerprint density at radius 1 is 0.458 bits per heavy atom. The van der Waals surface area contributed by atoms with E-state index in [0.29, 0.717) is 17.5 Å². The minimum atomic E-state index is -0.0579. The van der Waals surface area contributed by atoms with Crippen LogP contribution in [0.2, 0.25) is 0 Å². The van der Waals surface area contributed by atoms with Crippen LogP contribution >= 0.6 is 0 Å². The van der Waals surface area contributed by atoms with Crippen molar-refractivity contribution in [2.45, 2.75) is 37.5 Å². The summed E-state index contributed by atoms with van der Waals surface area (Å²) in [7, 11) is 0. The molecule has 0 aliphatic heterocycles. The van der Waals surface area contributed by atoms with Gasteiger partial charge in [-0.15, -0.1) is 0 Å². The van der Waals surface area contributed by atoms with Crippen LogP contribution in [-0.2, 0) is 5.41 Å². The molecule has 1 saturated carbocycles. The number of nitrogens with zero attached hydrogens (tertiary/aromatic N) is 4. The summed E-state index contributed by atoms with van der Waals surface area (Å²) in [5.74, 6) is 1.95. The third-order valence-corrected chi connectivity index (χ3v) is 10.4. The van der Waals surface area contributed by atoms with E-state index in [9.17, 15) is 5.26 Å². The van der Waals surface area contributed by atoms with Crippen molar-refractivity contribution >= 4 is 10.8 Å². The maximum absolute atomic E-state index is 9.77. The predicted molar refractivity (Wildman–Crippen MR) is 193 cm³/mol. The van der Waals surface area contributed by atoms with Gasteiger partial charge in [0, 0.05) is 22.1 Å². The lowest BCUT2D eigenvalue weighted by Gasteiger charge is -2.36. The van der Waals surface area contributed by atoms with Crippen LogP contribution in [0.25, 0.3) is 67.2 Å². The van der Waals surface area contributed by atoms with E-state index >= 15 is 0 Å². The second-order valence-corrected chi connectivity index (χ2v) is 13.1. The van der Waals surface area contributed by atoms with Crippen molar-refractivity contribution < 1.29 is 0 Å². The molecule has 1 aromatic heterocycles. The van der Waals surface area contributed by atoms with E-state index < -0.39 is 0 Å². The fourth-order valence-electron chi connectivity index (χ4n) is 8.03. The zero-order valence-electron chi connectivity index (χ0n) is 26.5. The summed E-state index contributed by atoms with van der Waals surface area (Å²) in [6.07, 6.45) is 5.86. The van der Waals surface area contributed by atoms with Gasteiger partial charge in [-0.2, -0.15) is 5.26 Å². The monoisotopic (exact) mass is 616 g/mol. The number of hydrogen-bond acceptors (Lipinski definition) is 4. The molecule has 2 aliphatic rings. The van der Waals surface area contributed by atoms with E-state index in [0.717, 1.165) is 51.6 Å². The molecule has 0 radical (unpaired) electrons. The molecule has 4 nitrogen and oxygen atoms in total. The van der Waals surface area contributed by atoms with E-state index in [2.05, 4.69) is 115 Å². The summed E-state index contributed by atoms with van der Waals surface area (Å²) in [6.45, 7) is 0. The molecule has 7 aromatic rings. The molecule has 0 saturated heterocycles. The SMILES string of the molecule is N#Cc1ccc2c(c1)C1(CCCCC1)c1cc(-c3ccccc3-c3nc(-c4ccccc4)nc(-c4ccc5ccccc5c4)n3)ccc1-2. The zero-order valence-corrected chi connectivity index (χ0v) is 26.5. The van der Waals surface area contributed by atoms with Crippen molar-refractivity contribution in [3.8, 4) is 62.5 Å². The summed E-state index contributed by atoms with van der Waals surface area (Å²) in [5.41, 5.74) is 11.1. The Morgan fingerprint density at radius 3 is 1.88 bits per heavy atom. The van der Waals surface area contributed by atoms with Crippen LogP contribution < -0.4 is 0 Å². The molecule has 228 valence electrons. The van der Waals surface area contributed by atoms with Gasteiger partial charge in [-0.05, 0) is 81.3 Å². The first-order valence-electron chi connectivity index (χ1n) is 16.8. The minimum Gasteiger partial charge on any atom is -0.208 e. The molecule has 0 unspecified atom stereocenters. The van der Waals surface area contributed by atoms with E-state index in [1.165, 1.54) is 46.9 Å². The van der Waals surface area contributed by atoms with Crippen LogP contribution in [-0.4, -0.2) is 15.0 Å². The van der Waals surface area contributed by atoms with Gasteiger partial charge in [0.1, 0.15) is 0 Å². The predicted octanol–water partition coefficient (Wildman–Crippen LogP) is 10.8. The quantitative estimate of drug-likeness (QED) is 0.197. The van der Waals surface area contributed by atoms with Gasteiger partial charge in [-0.1, -0.05) is 128 Å². The lowest BCUT2D eigenvalue weighted by Crippen LogP contribution is -2.28. The van der Waals surface area contributed by atoms with Crippen molar-refractivity contribution in [1.82, 2.24) is 15.0 Å². The van der Waals surface area contributed by atoms with Crippen LogP contribution in [0.5, 0.6) is 0 Å². The third-order valence-electron chi connectivity index (χ3n) is 10.4. The second-order valence-electron chi connectivity index (χ2n) is 13.1. The van der Waals surface area contributed by atoms with Crippen molar-refractivity contribution in [2.24, 2.45) is 0 Å². The highest BCUT2D eigenvalue weighted by Gasteiger charge is 2.44. The van der Waals surface area contributed by atoms with Crippen molar-refractivity contribution in [2.75, 3.05) is 0 Å². The normalized spacial score (nSPS) is 14.4. The molecular weight excluding hydrogens is 585 g/mol. The van der Waals surface area contributed by atoms with Crippen LogP contribution in [0.1, 0.15) is 48.8 Å². The van der Waals surface area contributed by atoms with Crippen LogP contribution in [0.3, 0.4) is 0 Å². The molecule has 1 spiro atoms. The lowest BCUT2D eigenvalue weighted by molar-refractivity contribution is 0.353. The molecule has 2 aliphatic carbocycles. The van der Waals surface area contributed by atoms with Gasteiger partial charge in [0.05, 0.1) is 11.6 Å². The van der Waals surface area contributed by atoms with Gasteiger partial charge < -0.3 is 0 Å². The van der Waals surface area contributed by atoms with E-state index in [1.807, 2.05) is 24.3 Å². The standard InChI is InChI=1S/C44H32N4/c45-28-29-17-21-36-37-22-20-33(27-40(37)44(39(36)25-29)23-9-2-10-24-44)35-15-7-8-16-38(35)43-47-41(31-12-3-1-4-13-31)46-42(48-43)34-19-18-30-11-5-6-14-32(30)26-34/h1,3-8,11-22,25-27H,2,9-10,23-24H2. The molecule has 9 rings (SSSR count). The maximum Gasteiger partial charge on any atom is 0.164 e. The average Bonchev–Trinajstić information content (AvgIpc) is 3.42. The third kappa shape index (κ3) is 4.62. The number of aromatic nitrogens is 3. The van der Waals surface area contributed by atoms with E-state index in [4.69, 9.17) is 15.0 Å². The summed E-state index contributed by atoms with van der Waals surface area (Å²) in [6, 6.07) is 49.0. The Kier molecular flexibility index (Phi) is 6.73. The maximum atomic E-state index is 9.77. The molecular formula is C44H32N4. The summed E-state index contributed by atoms with van der Waals surface area (Å²) < 4.78 is 0. The summed E-state index contributed by atoms with van der Waals surface area (Å²) >= 11 is 0. The molecule has 0 bridgehead atoms. The van der Waals surface area contributed by atoms with Crippen LogP contribution in [0, 0.1) is 11.3 Å². The molecule has 0 N–H and O–H groups in total. The van der Waals surface area contributed by atoms with E-state index in [-0.39, 0.29) is 5.41 Å². The summed E-state index contributed by atoms with van der Waals surface area (Å²) in [4.78, 5) is 15.3. The van der Waals surface area contributed by atoms with Crippen LogP contribution in [0.4, 0.5) is 0 Å². The number of nitriles is 1. The second kappa shape index (κ2) is 11.4. The number of rotatable bonds is 4. The molecule has 1 fully saturated rings. The first-order valence-corrected chi connectivity index (χ1v) is 16.8. The Balaban J connectivity index is 1.21. The highest BCUT2D eigenvalue weighted by atomic mass is 15.0. The fraction of sp³-hybridized carbons (Fsp3) is 0.136. The van der Waals surface area contributed by atoms with Gasteiger partial charge in [0.25, 0.3) is 0 Å². The Hall–Kier alpha value is -5.92. The molecule has 6 aromatic carbocycles. The summed E-state index contributed by atoms with van der Waals surface area (Å²) in [5, 5.41) is 12.1. The highest BCUT2D eigenvalue weighted by molar-refractivity contribution is 5.89. The first-order chi connectivity index (χ1) is 23.7. The lowest BCUT2D eigenvalue weighted by atomic mass is 9.67. The van der Waals surface area contributed by atoms with Gasteiger partial charge in [-0.25, -0.2) is 15.0 Å². The average molecular weight is 617 g/mol. The highest BCUT2D eigenvalue weighted by Crippen LogP contribution is 2.56. The van der Waals surface area contributed by atoms with Crippen molar-refractivity contribution in [3.63, 3.8) is 0 Å². The molecule has 1 heterocycles. The molecule has 0 atom stereocenters. The zero-order chi connectivity index (χ0) is 32.1. The molecule has 48 heavy (non-hydrogen) atoms. The van der Waals surface area contributed by atoms with Gasteiger partial charge in [-0.3, -0.25) is 0 Å². The Labute approximate surface area is 280 Å². The fourth-order valence-corrected chi connectivity index (χ4v) is 8.03. The molecule has 0 amide bonds. The van der Waals surface area contributed by atoms with Gasteiger partial charge in [0.2, 0.25) is 0 Å². The van der Waals surface area contributed by atoms with Crippen molar-refractivity contribution in [1.29, 1.82) is 5.26 Å². The topological polar surface area (TPSA) is 62.5 Å². The Bertz CT molecular complexity index is 2400. The largest absolute Gasteiger partial charge is 0.208 e. The first kappa shape index (κ1) is 28.3.